The van der Waals surface area contributed by atoms with Crippen molar-refractivity contribution in [1.29, 1.82) is 0 Å². The van der Waals surface area contributed by atoms with E-state index in [0.29, 0.717) is 19.3 Å². The summed E-state index contributed by atoms with van der Waals surface area (Å²) in [5.41, 5.74) is 1.61. The number of aliphatic hydroxyl groups excluding tert-OH is 1. The van der Waals surface area contributed by atoms with E-state index in [4.69, 9.17) is 9.47 Å². The summed E-state index contributed by atoms with van der Waals surface area (Å²) in [6.45, 7) is 7.88. The summed E-state index contributed by atoms with van der Waals surface area (Å²) in [6, 6.07) is 0. The fourth-order valence-corrected chi connectivity index (χ4v) is 2.97. The zero-order chi connectivity index (χ0) is 16.3. The average Bonchev–Trinajstić information content (AvgIpc) is 2.75. The molecule has 1 heterocycles. The lowest BCUT2D eigenvalue weighted by molar-refractivity contribution is -0.138. The van der Waals surface area contributed by atoms with Gasteiger partial charge in [0.1, 0.15) is 18.5 Å². The summed E-state index contributed by atoms with van der Waals surface area (Å²) >= 11 is 0. The lowest BCUT2D eigenvalue weighted by Crippen LogP contribution is -2.41. The quantitative estimate of drug-likeness (QED) is 0.372. The van der Waals surface area contributed by atoms with E-state index in [1.165, 1.54) is 0 Å². The Bertz CT molecular complexity index is 531. The van der Waals surface area contributed by atoms with Crippen molar-refractivity contribution in [2.24, 2.45) is 5.92 Å². The molecule has 5 nitrogen and oxygen atoms in total. The van der Waals surface area contributed by atoms with E-state index >= 15 is 0 Å². The van der Waals surface area contributed by atoms with Crippen LogP contribution in [0.1, 0.15) is 26.7 Å². The average molecular weight is 306 g/mol. The fraction of sp³-hybridized carbons (Fsp3) is 0.529. The van der Waals surface area contributed by atoms with Gasteiger partial charge in [-0.05, 0) is 32.8 Å². The van der Waals surface area contributed by atoms with Crippen LogP contribution in [0.15, 0.2) is 35.5 Å². The van der Waals surface area contributed by atoms with Crippen LogP contribution in [0.25, 0.3) is 0 Å². The van der Waals surface area contributed by atoms with Crippen LogP contribution in [0.3, 0.4) is 0 Å². The molecule has 0 bridgehead atoms. The van der Waals surface area contributed by atoms with Gasteiger partial charge in [0.2, 0.25) is 0 Å². The number of aliphatic hydroxyl groups is 1. The van der Waals surface area contributed by atoms with E-state index in [2.05, 4.69) is 6.58 Å². The summed E-state index contributed by atoms with van der Waals surface area (Å²) in [5, 5.41) is 10.5. The molecule has 2 aliphatic rings. The van der Waals surface area contributed by atoms with Crippen molar-refractivity contribution in [3.63, 3.8) is 0 Å². The minimum Gasteiger partial charge on any atom is -0.454 e. The highest BCUT2D eigenvalue weighted by Crippen LogP contribution is 2.36. The molecule has 1 aliphatic heterocycles. The number of allylic oxidation sites excluding steroid dienone is 2. The first-order chi connectivity index (χ1) is 10.5. The van der Waals surface area contributed by atoms with Crippen LogP contribution in [0, 0.1) is 5.92 Å². The number of hydrogen-bond donors (Lipinski definition) is 1. The second kappa shape index (κ2) is 7.03. The van der Waals surface area contributed by atoms with E-state index in [9.17, 15) is 14.7 Å². The Labute approximate surface area is 130 Å². The fourth-order valence-electron chi connectivity index (χ4n) is 2.97. The highest BCUT2D eigenvalue weighted by atomic mass is 16.6. The second-order valence-corrected chi connectivity index (χ2v) is 5.66. The number of rotatable bonds is 3. The first-order valence-electron chi connectivity index (χ1n) is 7.51. The van der Waals surface area contributed by atoms with Crippen molar-refractivity contribution in [3.05, 3.63) is 35.5 Å². The van der Waals surface area contributed by atoms with Crippen molar-refractivity contribution in [1.82, 2.24) is 0 Å². The van der Waals surface area contributed by atoms with Gasteiger partial charge in [-0.3, -0.25) is 4.79 Å². The number of ether oxygens (including phenoxy) is 2. The number of carbonyl (C=O) groups is 2. The minimum atomic E-state index is -1.11. The van der Waals surface area contributed by atoms with Gasteiger partial charge in [-0.1, -0.05) is 18.2 Å². The maximum Gasteiger partial charge on any atom is 0.334 e. The molecule has 4 atom stereocenters. The predicted molar refractivity (Wildman–Crippen MR) is 81.1 cm³/mol. The molecule has 120 valence electrons. The highest BCUT2D eigenvalue weighted by molar-refractivity contribution is 5.91. The third kappa shape index (κ3) is 3.20. The zero-order valence-electron chi connectivity index (χ0n) is 13.0. The molecule has 0 aromatic heterocycles. The normalized spacial score (nSPS) is 37.4. The SMILES string of the molecule is C=C1C(=O)O[C@@H]2/C=C(/C)CC/C=C(/C=O)[C@H](O)[C@@H](OCC)[C@@H]12. The van der Waals surface area contributed by atoms with Crippen molar-refractivity contribution < 1.29 is 24.2 Å². The Hall–Kier alpha value is -1.72. The van der Waals surface area contributed by atoms with E-state index in [0.717, 1.165) is 12.0 Å². The largest absolute Gasteiger partial charge is 0.454 e. The maximum atomic E-state index is 11.9. The Balaban J connectivity index is 2.47. The van der Waals surface area contributed by atoms with Gasteiger partial charge in [0.25, 0.3) is 0 Å². The van der Waals surface area contributed by atoms with Gasteiger partial charge in [0, 0.05) is 17.8 Å². The molecule has 0 aromatic rings. The van der Waals surface area contributed by atoms with E-state index in [1.54, 1.807) is 13.0 Å². The topological polar surface area (TPSA) is 72.8 Å². The van der Waals surface area contributed by atoms with Gasteiger partial charge in [-0.2, -0.15) is 0 Å². The van der Waals surface area contributed by atoms with Crippen molar-refractivity contribution in [2.75, 3.05) is 6.61 Å². The van der Waals surface area contributed by atoms with Crippen LogP contribution >= 0.6 is 0 Å². The summed E-state index contributed by atoms with van der Waals surface area (Å²) < 4.78 is 11.0. The summed E-state index contributed by atoms with van der Waals surface area (Å²) in [5.74, 6) is -0.981. The molecule has 0 unspecified atom stereocenters. The number of carbonyl (C=O) groups excluding carboxylic acids is 2. The third-order valence-electron chi connectivity index (χ3n) is 4.13. The van der Waals surface area contributed by atoms with E-state index in [1.807, 2.05) is 13.0 Å². The molecule has 1 saturated heterocycles. The molecular formula is C17H22O5. The van der Waals surface area contributed by atoms with Gasteiger partial charge in [-0.25, -0.2) is 4.79 Å². The smallest absolute Gasteiger partial charge is 0.334 e. The predicted octanol–water partition coefficient (Wildman–Crippen LogP) is 1.72. The van der Waals surface area contributed by atoms with Gasteiger partial charge >= 0.3 is 5.97 Å². The molecule has 0 radical (unpaired) electrons. The van der Waals surface area contributed by atoms with Crippen molar-refractivity contribution in [3.8, 4) is 0 Å². The summed E-state index contributed by atoms with van der Waals surface area (Å²) in [4.78, 5) is 23.2. The number of esters is 1. The molecule has 2 rings (SSSR count). The second-order valence-electron chi connectivity index (χ2n) is 5.66. The summed E-state index contributed by atoms with van der Waals surface area (Å²) in [7, 11) is 0. The molecule has 0 saturated carbocycles. The molecule has 5 heteroatoms. The third-order valence-corrected chi connectivity index (χ3v) is 4.13. The first-order valence-corrected chi connectivity index (χ1v) is 7.51. The number of hydrogen-bond acceptors (Lipinski definition) is 5. The van der Waals surface area contributed by atoms with Gasteiger partial charge < -0.3 is 14.6 Å². The van der Waals surface area contributed by atoms with Crippen LogP contribution in [0.5, 0.6) is 0 Å². The molecule has 1 N–H and O–H groups in total. The Morgan fingerprint density at radius 3 is 2.91 bits per heavy atom. The van der Waals surface area contributed by atoms with Crippen LogP contribution in [0.2, 0.25) is 0 Å². The molecule has 1 fully saturated rings. The zero-order valence-corrected chi connectivity index (χ0v) is 13.0. The van der Waals surface area contributed by atoms with Gasteiger partial charge in [0.05, 0.1) is 12.0 Å². The number of aldehydes is 1. The Morgan fingerprint density at radius 2 is 2.27 bits per heavy atom. The first kappa shape index (κ1) is 16.6. The maximum absolute atomic E-state index is 11.9. The lowest BCUT2D eigenvalue weighted by Gasteiger charge is -2.30. The lowest BCUT2D eigenvalue weighted by atomic mass is 9.84. The Morgan fingerprint density at radius 1 is 1.55 bits per heavy atom. The molecule has 22 heavy (non-hydrogen) atoms. The molecule has 0 spiro atoms. The van der Waals surface area contributed by atoms with Crippen molar-refractivity contribution >= 4 is 12.3 Å². The highest BCUT2D eigenvalue weighted by Gasteiger charge is 2.46. The van der Waals surface area contributed by atoms with Crippen LogP contribution in [0.4, 0.5) is 0 Å². The van der Waals surface area contributed by atoms with Gasteiger partial charge in [0.15, 0.2) is 0 Å². The monoisotopic (exact) mass is 306 g/mol. The summed E-state index contributed by atoms with van der Waals surface area (Å²) in [6.07, 6.45) is 3.26. The molecule has 0 aromatic carbocycles. The van der Waals surface area contributed by atoms with E-state index < -0.39 is 30.2 Å². The van der Waals surface area contributed by atoms with Crippen LogP contribution in [-0.2, 0) is 19.1 Å². The van der Waals surface area contributed by atoms with E-state index in [-0.39, 0.29) is 11.1 Å². The minimum absolute atomic E-state index is 0.275. The van der Waals surface area contributed by atoms with Crippen LogP contribution in [-0.4, -0.2) is 42.3 Å². The molecule has 1 aliphatic carbocycles. The van der Waals surface area contributed by atoms with Gasteiger partial charge in [-0.15, -0.1) is 0 Å². The Kier molecular flexibility index (Phi) is 5.32. The van der Waals surface area contributed by atoms with Crippen LogP contribution < -0.4 is 0 Å². The molecular weight excluding hydrogens is 284 g/mol. The number of fused-ring (bicyclic) bond motifs is 1. The molecule has 0 amide bonds. The standard InChI is InChI=1S/C17H22O5/c1-4-21-16-14-11(3)17(20)22-13(14)8-10(2)6-5-7-12(9-18)15(16)19/h7-9,13-16,19H,3-6H2,1-2H3/b10-8-,12-7-/t13-,14+,15+,16+/m1/s1. The van der Waals surface area contributed by atoms with Crippen molar-refractivity contribution in [2.45, 2.75) is 45.0 Å².